The summed E-state index contributed by atoms with van der Waals surface area (Å²) in [4.78, 5) is 11.9. The first-order valence-electron chi connectivity index (χ1n) is 7.17. The van der Waals surface area contributed by atoms with E-state index in [1.54, 1.807) is 11.6 Å². The van der Waals surface area contributed by atoms with Gasteiger partial charge >= 0.3 is 5.97 Å². The van der Waals surface area contributed by atoms with Crippen molar-refractivity contribution in [1.29, 1.82) is 5.26 Å². The monoisotopic (exact) mass is 345 g/mol. The van der Waals surface area contributed by atoms with Crippen molar-refractivity contribution >= 4 is 23.6 Å². The number of benzene rings is 1. The summed E-state index contributed by atoms with van der Waals surface area (Å²) in [6, 6.07) is 11.2. The third-order valence-electron chi connectivity index (χ3n) is 3.20. The lowest BCUT2D eigenvalue weighted by Gasteiger charge is -2.03. The zero-order valence-electron chi connectivity index (χ0n) is 13.3. The minimum Gasteiger partial charge on any atom is -0.459 e. The van der Waals surface area contributed by atoms with Gasteiger partial charge in [0.2, 0.25) is 0 Å². The molecule has 7 heteroatoms. The highest BCUT2D eigenvalue weighted by Gasteiger charge is 2.17. The van der Waals surface area contributed by atoms with Gasteiger partial charge in [0.05, 0.1) is 18.0 Å². The Balaban J connectivity index is 2.33. The zero-order valence-corrected chi connectivity index (χ0v) is 14.1. The normalized spacial score (nSPS) is 11.2. The molecule has 0 aliphatic rings. The van der Waals surface area contributed by atoms with Gasteiger partial charge in [-0.2, -0.15) is 10.4 Å². The molecular formula is C17H16ClN3O3. The molecule has 0 spiro atoms. The molecule has 0 amide bonds. The second-order valence-corrected chi connectivity index (χ2v) is 5.19. The maximum absolute atomic E-state index is 11.9. The highest BCUT2D eigenvalue weighted by Crippen LogP contribution is 2.25. The van der Waals surface area contributed by atoms with Crippen LogP contribution in [0.25, 0.3) is 11.8 Å². The average Bonchev–Trinajstić information content (AvgIpc) is 2.88. The van der Waals surface area contributed by atoms with Gasteiger partial charge in [0.25, 0.3) is 0 Å². The van der Waals surface area contributed by atoms with Crippen molar-refractivity contribution in [3.63, 3.8) is 0 Å². The SMILES string of the molecule is COCCOC(=O)/C(C#N)=C/c1c(C)nn(-c2ccccc2)c1Cl. The number of esters is 1. The molecule has 1 aromatic heterocycles. The summed E-state index contributed by atoms with van der Waals surface area (Å²) in [6.45, 7) is 2.09. The van der Waals surface area contributed by atoms with Crippen LogP contribution in [-0.2, 0) is 14.3 Å². The number of aromatic nitrogens is 2. The molecule has 124 valence electrons. The number of nitriles is 1. The zero-order chi connectivity index (χ0) is 17.5. The van der Waals surface area contributed by atoms with E-state index in [1.165, 1.54) is 13.2 Å². The van der Waals surface area contributed by atoms with Gasteiger partial charge in [0.1, 0.15) is 23.4 Å². The lowest BCUT2D eigenvalue weighted by molar-refractivity contribution is -0.139. The summed E-state index contributed by atoms with van der Waals surface area (Å²) >= 11 is 6.37. The number of carbonyl (C=O) groups excluding carboxylic acids is 1. The Bertz CT molecular complexity index is 791. The van der Waals surface area contributed by atoms with Crippen LogP contribution >= 0.6 is 11.6 Å². The van der Waals surface area contributed by atoms with Crippen LogP contribution in [0.1, 0.15) is 11.3 Å². The number of aryl methyl sites for hydroxylation is 1. The number of hydrogen-bond acceptors (Lipinski definition) is 5. The van der Waals surface area contributed by atoms with Crippen molar-refractivity contribution in [2.45, 2.75) is 6.92 Å². The van der Waals surface area contributed by atoms with Crippen LogP contribution in [0.4, 0.5) is 0 Å². The molecule has 6 nitrogen and oxygen atoms in total. The van der Waals surface area contributed by atoms with Gasteiger partial charge in [-0.15, -0.1) is 0 Å². The second-order valence-electron chi connectivity index (χ2n) is 4.84. The van der Waals surface area contributed by atoms with Crippen molar-refractivity contribution in [2.75, 3.05) is 20.3 Å². The number of methoxy groups -OCH3 is 1. The van der Waals surface area contributed by atoms with Crippen LogP contribution in [0.5, 0.6) is 0 Å². The van der Waals surface area contributed by atoms with E-state index < -0.39 is 5.97 Å². The van der Waals surface area contributed by atoms with Crippen LogP contribution < -0.4 is 0 Å². The first-order chi connectivity index (χ1) is 11.6. The van der Waals surface area contributed by atoms with E-state index in [-0.39, 0.29) is 18.8 Å². The van der Waals surface area contributed by atoms with Gasteiger partial charge in [-0.1, -0.05) is 29.8 Å². The summed E-state index contributed by atoms with van der Waals surface area (Å²) in [5, 5.41) is 13.9. The molecule has 0 N–H and O–H groups in total. The fourth-order valence-corrected chi connectivity index (χ4v) is 2.32. The molecule has 0 bridgehead atoms. The largest absolute Gasteiger partial charge is 0.459 e. The van der Waals surface area contributed by atoms with Gasteiger partial charge in [-0.05, 0) is 25.1 Å². The third kappa shape index (κ3) is 4.02. The molecule has 2 aromatic rings. The van der Waals surface area contributed by atoms with Crippen molar-refractivity contribution in [3.8, 4) is 11.8 Å². The van der Waals surface area contributed by atoms with Gasteiger partial charge in [-0.3, -0.25) is 0 Å². The first kappa shape index (κ1) is 17.7. The van der Waals surface area contributed by atoms with Crippen molar-refractivity contribution in [1.82, 2.24) is 9.78 Å². The predicted molar refractivity (Wildman–Crippen MR) is 89.7 cm³/mol. The molecular weight excluding hydrogens is 330 g/mol. The highest BCUT2D eigenvalue weighted by atomic mass is 35.5. The van der Waals surface area contributed by atoms with Crippen LogP contribution in [0.15, 0.2) is 35.9 Å². The average molecular weight is 346 g/mol. The smallest absolute Gasteiger partial charge is 0.348 e. The molecule has 0 saturated carbocycles. The minimum absolute atomic E-state index is 0.0738. The molecule has 1 heterocycles. The van der Waals surface area contributed by atoms with E-state index >= 15 is 0 Å². The summed E-state index contributed by atoms with van der Waals surface area (Å²) in [6.07, 6.45) is 1.39. The van der Waals surface area contributed by atoms with Crippen molar-refractivity contribution in [3.05, 3.63) is 52.3 Å². The van der Waals surface area contributed by atoms with E-state index in [0.29, 0.717) is 16.4 Å². The van der Waals surface area contributed by atoms with Gasteiger partial charge < -0.3 is 9.47 Å². The Kier molecular flexibility index (Phi) is 6.13. The molecule has 0 aliphatic heterocycles. The number of halogens is 1. The molecule has 0 atom stereocenters. The molecule has 0 unspecified atom stereocenters. The second kappa shape index (κ2) is 8.29. The topological polar surface area (TPSA) is 77.1 Å². The summed E-state index contributed by atoms with van der Waals surface area (Å²) in [5.41, 5.74) is 1.73. The van der Waals surface area contributed by atoms with Gasteiger partial charge in [-0.25, -0.2) is 9.48 Å². The lowest BCUT2D eigenvalue weighted by atomic mass is 10.1. The lowest BCUT2D eigenvalue weighted by Crippen LogP contribution is -2.11. The Hall–Kier alpha value is -2.62. The van der Waals surface area contributed by atoms with Gasteiger partial charge in [0, 0.05) is 12.7 Å². The number of hydrogen-bond donors (Lipinski definition) is 0. The highest BCUT2D eigenvalue weighted by molar-refractivity contribution is 6.31. The molecule has 0 radical (unpaired) electrons. The summed E-state index contributed by atoms with van der Waals surface area (Å²) in [7, 11) is 1.50. The van der Waals surface area contributed by atoms with Gasteiger partial charge in [0.15, 0.2) is 0 Å². The number of ether oxygens (including phenoxy) is 2. The molecule has 24 heavy (non-hydrogen) atoms. The fraction of sp³-hybridized carbons (Fsp3) is 0.235. The molecule has 1 aromatic carbocycles. The maximum atomic E-state index is 11.9. The van der Waals surface area contributed by atoms with E-state index in [2.05, 4.69) is 5.10 Å². The van der Waals surface area contributed by atoms with Crippen LogP contribution in [0.3, 0.4) is 0 Å². The molecule has 0 aliphatic carbocycles. The number of carbonyl (C=O) groups is 1. The van der Waals surface area contributed by atoms with Crippen molar-refractivity contribution in [2.24, 2.45) is 0 Å². The van der Waals surface area contributed by atoms with Crippen molar-refractivity contribution < 1.29 is 14.3 Å². The Morgan fingerprint density at radius 2 is 2.08 bits per heavy atom. The standard InChI is InChI=1S/C17H16ClN3O3/c1-12-15(10-13(11-19)17(22)24-9-8-23-2)16(18)21(20-12)14-6-4-3-5-7-14/h3-7,10H,8-9H2,1-2H3/b13-10+. The Morgan fingerprint density at radius 1 is 1.38 bits per heavy atom. The minimum atomic E-state index is -0.725. The summed E-state index contributed by atoms with van der Waals surface area (Å²) < 4.78 is 11.3. The van der Waals surface area contributed by atoms with E-state index in [4.69, 9.17) is 21.1 Å². The third-order valence-corrected chi connectivity index (χ3v) is 3.56. The molecule has 2 rings (SSSR count). The Labute approximate surface area is 144 Å². The van der Waals surface area contributed by atoms with Crippen LogP contribution in [0, 0.1) is 18.3 Å². The quantitative estimate of drug-likeness (QED) is 0.348. The Morgan fingerprint density at radius 3 is 2.71 bits per heavy atom. The predicted octanol–water partition coefficient (Wildman–Crippen LogP) is 2.93. The first-order valence-corrected chi connectivity index (χ1v) is 7.54. The van der Waals surface area contributed by atoms with E-state index in [9.17, 15) is 10.1 Å². The van der Waals surface area contributed by atoms with E-state index in [1.807, 2.05) is 36.4 Å². The fourth-order valence-electron chi connectivity index (χ4n) is 1.99. The van der Waals surface area contributed by atoms with Crippen LogP contribution in [0.2, 0.25) is 5.15 Å². The van der Waals surface area contributed by atoms with E-state index in [0.717, 1.165) is 5.69 Å². The number of rotatable bonds is 6. The summed E-state index contributed by atoms with van der Waals surface area (Å²) in [5.74, 6) is -0.725. The number of nitrogens with zero attached hydrogens (tertiary/aromatic N) is 3. The molecule has 0 saturated heterocycles. The van der Waals surface area contributed by atoms with Crippen LogP contribution in [-0.4, -0.2) is 36.1 Å². The molecule has 0 fully saturated rings. The maximum Gasteiger partial charge on any atom is 0.348 e. The number of para-hydroxylation sites is 1.